The number of amides is 3. The van der Waals surface area contributed by atoms with E-state index in [0.717, 1.165) is 0 Å². The van der Waals surface area contributed by atoms with Gasteiger partial charge in [0.15, 0.2) is 12.0 Å². The van der Waals surface area contributed by atoms with Crippen LogP contribution in [0.15, 0.2) is 35.3 Å². The lowest BCUT2D eigenvalue weighted by Gasteiger charge is -2.25. The third kappa shape index (κ3) is 10.7. The Morgan fingerprint density at radius 1 is 0.972 bits per heavy atom. The molecule has 0 spiro atoms. The van der Waals surface area contributed by atoms with Gasteiger partial charge in [-0.15, -0.1) is 0 Å². The van der Waals surface area contributed by atoms with E-state index < -0.39 is 60.6 Å². The first-order valence-corrected chi connectivity index (χ1v) is 11.2. The molecule has 3 amide bonds. The number of hydrogen-bond acceptors (Lipinski definition) is 8. The Hall–Kier alpha value is -3.75. The zero-order valence-electron chi connectivity index (χ0n) is 20.0. The molecule has 0 radical (unpaired) electrons. The average molecular weight is 510 g/mol. The molecule has 1 aromatic rings. The summed E-state index contributed by atoms with van der Waals surface area (Å²) in [7, 11) is 0. The fourth-order valence-electron chi connectivity index (χ4n) is 3.11. The lowest BCUT2D eigenvalue weighted by atomic mass is 10.0. The van der Waals surface area contributed by atoms with E-state index >= 15 is 0 Å². The Morgan fingerprint density at radius 3 is 2.08 bits per heavy atom. The molecule has 0 aliphatic heterocycles. The van der Waals surface area contributed by atoms with Crippen LogP contribution in [-0.2, 0) is 25.6 Å². The van der Waals surface area contributed by atoms with Gasteiger partial charge in [-0.3, -0.25) is 19.4 Å². The maximum atomic E-state index is 13.2. The first kappa shape index (κ1) is 30.3. The molecule has 5 atom stereocenters. The van der Waals surface area contributed by atoms with Crippen molar-refractivity contribution in [2.45, 2.75) is 56.5 Å². The number of nitrogens with two attached hydrogens (primary N) is 3. The van der Waals surface area contributed by atoms with Gasteiger partial charge in [-0.25, -0.2) is 4.79 Å². The highest BCUT2D eigenvalue weighted by molar-refractivity contribution is 5.94. The molecule has 0 fully saturated rings. The van der Waals surface area contributed by atoms with Crippen LogP contribution in [0.1, 0.15) is 25.3 Å². The van der Waals surface area contributed by atoms with Crippen molar-refractivity contribution in [3.8, 4) is 0 Å². The van der Waals surface area contributed by atoms with Crippen molar-refractivity contribution in [1.82, 2.24) is 16.0 Å². The minimum atomic E-state index is -1.61. The quantitative estimate of drug-likeness (QED) is 0.0640. The maximum absolute atomic E-state index is 13.2. The van der Waals surface area contributed by atoms with Crippen molar-refractivity contribution in [3.63, 3.8) is 0 Å². The number of benzene rings is 1. The minimum Gasteiger partial charge on any atom is -0.480 e. The van der Waals surface area contributed by atoms with Crippen molar-refractivity contribution in [2.75, 3.05) is 13.2 Å². The highest BCUT2D eigenvalue weighted by atomic mass is 16.4. The number of carbonyl (C=O) groups excluding carboxylic acids is 3. The molecular formula is C22H35N7O7. The second-order valence-electron chi connectivity index (χ2n) is 8.12. The van der Waals surface area contributed by atoms with Gasteiger partial charge in [-0.1, -0.05) is 30.3 Å². The van der Waals surface area contributed by atoms with E-state index in [-0.39, 0.29) is 31.8 Å². The number of carboxylic acid groups (broad SMARTS) is 1. The zero-order chi connectivity index (χ0) is 27.3. The Kier molecular flexibility index (Phi) is 12.9. The summed E-state index contributed by atoms with van der Waals surface area (Å²) in [6, 6.07) is 3.44. The summed E-state index contributed by atoms with van der Waals surface area (Å²) in [5, 5.41) is 35.3. The third-order valence-electron chi connectivity index (χ3n) is 5.07. The van der Waals surface area contributed by atoms with Crippen molar-refractivity contribution >= 4 is 29.7 Å². The Balaban J connectivity index is 3.12. The van der Waals surface area contributed by atoms with E-state index in [1.165, 1.54) is 6.92 Å². The number of aliphatic hydroxyl groups is 2. The van der Waals surface area contributed by atoms with E-state index in [4.69, 9.17) is 22.3 Å². The third-order valence-corrected chi connectivity index (χ3v) is 5.07. The van der Waals surface area contributed by atoms with Gasteiger partial charge in [-0.2, -0.15) is 0 Å². The number of hydrogen-bond donors (Lipinski definition) is 9. The summed E-state index contributed by atoms with van der Waals surface area (Å²) >= 11 is 0. The van der Waals surface area contributed by atoms with Gasteiger partial charge in [0.25, 0.3) is 0 Å². The molecule has 36 heavy (non-hydrogen) atoms. The lowest BCUT2D eigenvalue weighted by molar-refractivity contribution is -0.145. The fraction of sp³-hybridized carbons (Fsp3) is 0.500. The summed E-state index contributed by atoms with van der Waals surface area (Å²) in [6.45, 7) is 0.689. The van der Waals surface area contributed by atoms with Crippen LogP contribution in [-0.4, -0.2) is 88.4 Å². The van der Waals surface area contributed by atoms with Crippen LogP contribution in [0.4, 0.5) is 0 Å². The van der Waals surface area contributed by atoms with E-state index in [0.29, 0.717) is 5.56 Å². The van der Waals surface area contributed by atoms with Crippen molar-refractivity contribution in [2.24, 2.45) is 22.2 Å². The molecule has 0 heterocycles. The molecule has 0 saturated heterocycles. The lowest BCUT2D eigenvalue weighted by Crippen LogP contribution is -2.58. The molecule has 14 heteroatoms. The number of rotatable bonds is 15. The molecule has 12 N–H and O–H groups in total. The molecule has 0 saturated carbocycles. The monoisotopic (exact) mass is 509 g/mol. The van der Waals surface area contributed by atoms with Gasteiger partial charge < -0.3 is 48.5 Å². The molecule has 200 valence electrons. The number of aliphatic imine (C=N–C) groups is 1. The predicted octanol–water partition coefficient (Wildman–Crippen LogP) is -3.48. The number of nitrogens with one attached hydrogen (secondary N) is 3. The van der Waals surface area contributed by atoms with Gasteiger partial charge >= 0.3 is 5.97 Å². The van der Waals surface area contributed by atoms with Crippen molar-refractivity contribution in [1.29, 1.82) is 0 Å². The van der Waals surface area contributed by atoms with Crippen LogP contribution in [0, 0.1) is 0 Å². The SMILES string of the molecule is CC(O)C(NC(=O)C(CCCN=C(N)N)NC(=O)C(Cc1ccccc1)NC(=O)C(N)CO)C(=O)O. The number of carboxylic acids is 1. The van der Waals surface area contributed by atoms with Gasteiger partial charge in [-0.05, 0) is 25.3 Å². The molecule has 0 aliphatic carbocycles. The van der Waals surface area contributed by atoms with Crippen LogP contribution in [0.2, 0.25) is 0 Å². The second-order valence-corrected chi connectivity index (χ2v) is 8.12. The van der Waals surface area contributed by atoms with Gasteiger partial charge in [0.1, 0.15) is 18.1 Å². The second kappa shape index (κ2) is 15.3. The summed E-state index contributed by atoms with van der Waals surface area (Å²) in [5.41, 5.74) is 16.8. The summed E-state index contributed by atoms with van der Waals surface area (Å²) in [4.78, 5) is 53.5. The number of carbonyl (C=O) groups is 4. The predicted molar refractivity (Wildman–Crippen MR) is 130 cm³/mol. The van der Waals surface area contributed by atoms with Crippen LogP contribution >= 0.6 is 0 Å². The Bertz CT molecular complexity index is 907. The van der Waals surface area contributed by atoms with E-state index in [1.807, 2.05) is 0 Å². The topological polar surface area (TPSA) is 255 Å². The summed E-state index contributed by atoms with van der Waals surface area (Å²) < 4.78 is 0. The van der Waals surface area contributed by atoms with E-state index in [1.54, 1.807) is 30.3 Å². The molecule has 14 nitrogen and oxygen atoms in total. The summed E-state index contributed by atoms with van der Waals surface area (Å²) in [5.74, 6) is -4.01. The largest absolute Gasteiger partial charge is 0.480 e. The highest BCUT2D eigenvalue weighted by Gasteiger charge is 2.31. The van der Waals surface area contributed by atoms with Crippen molar-refractivity contribution in [3.05, 3.63) is 35.9 Å². The summed E-state index contributed by atoms with van der Waals surface area (Å²) in [6.07, 6.45) is -1.10. The van der Waals surface area contributed by atoms with Crippen LogP contribution < -0.4 is 33.2 Å². The van der Waals surface area contributed by atoms with Gasteiger partial charge in [0, 0.05) is 13.0 Å². The molecule has 0 bridgehead atoms. The fourth-order valence-corrected chi connectivity index (χ4v) is 3.11. The molecule has 1 aromatic carbocycles. The van der Waals surface area contributed by atoms with E-state index in [9.17, 15) is 29.4 Å². The minimum absolute atomic E-state index is 0.0165. The van der Waals surface area contributed by atoms with Crippen molar-refractivity contribution < 1.29 is 34.5 Å². The first-order chi connectivity index (χ1) is 17.0. The number of aliphatic hydroxyl groups excluding tert-OH is 2. The first-order valence-electron chi connectivity index (χ1n) is 11.2. The highest BCUT2D eigenvalue weighted by Crippen LogP contribution is 2.07. The molecule has 5 unspecified atom stereocenters. The smallest absolute Gasteiger partial charge is 0.328 e. The Labute approximate surface area is 208 Å². The van der Waals surface area contributed by atoms with E-state index in [2.05, 4.69) is 20.9 Å². The molecular weight excluding hydrogens is 474 g/mol. The number of nitrogens with zero attached hydrogens (tertiary/aromatic N) is 1. The number of guanidine groups is 1. The standard InChI is InChI=1S/C22H35N7O7/c1-12(31)17(21(35)36)29-19(33)15(8-5-9-26-22(24)25)27-20(34)16(28-18(32)14(23)11-30)10-13-6-3-2-4-7-13/h2-4,6-7,12,14-17,30-31H,5,8-11,23H2,1H3,(H,27,34)(H,28,32)(H,29,33)(H,35,36)(H4,24,25,26). The van der Waals surface area contributed by atoms with Crippen LogP contribution in [0.3, 0.4) is 0 Å². The molecule has 1 rings (SSSR count). The maximum Gasteiger partial charge on any atom is 0.328 e. The van der Waals surface area contributed by atoms with Crippen LogP contribution in [0.5, 0.6) is 0 Å². The Morgan fingerprint density at radius 2 is 1.56 bits per heavy atom. The molecule has 0 aromatic heterocycles. The van der Waals surface area contributed by atoms with Gasteiger partial charge in [0.2, 0.25) is 17.7 Å². The van der Waals surface area contributed by atoms with Crippen LogP contribution in [0.25, 0.3) is 0 Å². The van der Waals surface area contributed by atoms with Gasteiger partial charge in [0.05, 0.1) is 12.7 Å². The zero-order valence-corrected chi connectivity index (χ0v) is 20.0. The normalized spacial score (nSPS) is 14.9. The average Bonchev–Trinajstić information content (AvgIpc) is 2.83. The number of aliphatic carboxylic acids is 1. The molecule has 0 aliphatic rings.